The van der Waals surface area contributed by atoms with Crippen LogP contribution in [0.4, 0.5) is 0 Å². The first-order chi connectivity index (χ1) is 6.77. The van der Waals surface area contributed by atoms with Crippen LogP contribution in [0.15, 0.2) is 0 Å². The van der Waals surface area contributed by atoms with Gasteiger partial charge < -0.3 is 14.3 Å². The van der Waals surface area contributed by atoms with Gasteiger partial charge in [0.25, 0.3) is 0 Å². The maximum atomic E-state index is 11.2. The summed E-state index contributed by atoms with van der Waals surface area (Å²) in [7, 11) is 0. The number of carbonyl (C=O) groups is 2. The van der Waals surface area contributed by atoms with Gasteiger partial charge in [0.15, 0.2) is 0 Å². The molecule has 1 aliphatic heterocycles. The van der Waals surface area contributed by atoms with Crippen LogP contribution >= 0.6 is 0 Å². The predicted molar refractivity (Wildman–Crippen MR) is 49.8 cm³/mol. The Balaban J connectivity index is 2.24. The second kappa shape index (κ2) is 5.75. The van der Waals surface area contributed by atoms with Crippen LogP contribution in [0, 0.1) is 5.92 Å². The average Bonchev–Trinajstić information content (AvgIpc) is 2.49. The Labute approximate surface area is 83.6 Å². The molecule has 1 saturated heterocycles. The molecule has 4 nitrogen and oxygen atoms in total. The zero-order valence-electron chi connectivity index (χ0n) is 8.40. The van der Waals surface area contributed by atoms with Crippen LogP contribution in [-0.2, 0) is 19.1 Å². The molecule has 2 atom stereocenters. The average molecular weight is 200 g/mol. The van der Waals surface area contributed by atoms with E-state index in [4.69, 9.17) is 9.47 Å². The van der Waals surface area contributed by atoms with Crippen molar-refractivity contribution in [2.45, 2.75) is 32.3 Å². The van der Waals surface area contributed by atoms with E-state index < -0.39 is 0 Å². The van der Waals surface area contributed by atoms with Crippen molar-refractivity contribution < 1.29 is 19.1 Å². The number of hydrogen-bond acceptors (Lipinski definition) is 4. The molecule has 0 aromatic rings. The van der Waals surface area contributed by atoms with E-state index in [-0.39, 0.29) is 24.4 Å². The normalized spacial score (nSPS) is 26.2. The van der Waals surface area contributed by atoms with Gasteiger partial charge >= 0.3 is 5.97 Å². The summed E-state index contributed by atoms with van der Waals surface area (Å²) in [5.74, 6) is -0.509. The summed E-state index contributed by atoms with van der Waals surface area (Å²) < 4.78 is 10.3. The molecule has 0 aromatic carbocycles. The maximum absolute atomic E-state index is 11.2. The van der Waals surface area contributed by atoms with Crippen molar-refractivity contribution >= 4 is 12.3 Å². The minimum atomic E-state index is -0.262. The van der Waals surface area contributed by atoms with Gasteiger partial charge in [-0.2, -0.15) is 0 Å². The quantitative estimate of drug-likeness (QED) is 0.363. The number of ether oxygens (including phenoxy) is 2. The van der Waals surface area contributed by atoms with Gasteiger partial charge in [0.05, 0.1) is 12.5 Å². The topological polar surface area (TPSA) is 52.6 Å². The lowest BCUT2D eigenvalue weighted by Gasteiger charge is -2.08. The summed E-state index contributed by atoms with van der Waals surface area (Å²) >= 11 is 0. The Kier molecular flexibility index (Phi) is 4.59. The molecule has 0 aliphatic carbocycles. The highest BCUT2D eigenvalue weighted by atomic mass is 16.6. The summed E-state index contributed by atoms with van der Waals surface area (Å²) in [6.07, 6.45) is 2.45. The van der Waals surface area contributed by atoms with Gasteiger partial charge in [-0.1, -0.05) is 6.92 Å². The first-order valence-electron chi connectivity index (χ1n) is 4.99. The van der Waals surface area contributed by atoms with Gasteiger partial charge in [0.2, 0.25) is 0 Å². The molecule has 1 aliphatic rings. The van der Waals surface area contributed by atoms with E-state index in [1.807, 2.05) is 6.92 Å². The molecule has 2 unspecified atom stereocenters. The van der Waals surface area contributed by atoms with E-state index >= 15 is 0 Å². The standard InChI is InChI=1S/C10H16O4/c1-2-5-13-7-9-6-8(3-4-11)10(12)14-9/h4,8-9H,2-3,5-7H2,1H3. The summed E-state index contributed by atoms with van der Waals surface area (Å²) in [6.45, 7) is 3.16. The first kappa shape index (κ1) is 11.2. The Hall–Kier alpha value is -0.900. The lowest BCUT2D eigenvalue weighted by molar-refractivity contribution is -0.146. The molecule has 1 rings (SSSR count). The molecule has 0 N–H and O–H groups in total. The number of hydrogen-bond donors (Lipinski definition) is 0. The van der Waals surface area contributed by atoms with E-state index in [0.29, 0.717) is 19.6 Å². The highest BCUT2D eigenvalue weighted by molar-refractivity contribution is 5.77. The molecule has 80 valence electrons. The van der Waals surface area contributed by atoms with E-state index in [9.17, 15) is 9.59 Å². The van der Waals surface area contributed by atoms with Crippen LogP contribution in [0.25, 0.3) is 0 Å². The van der Waals surface area contributed by atoms with Crippen molar-refractivity contribution in [1.82, 2.24) is 0 Å². The molecule has 0 aromatic heterocycles. The lowest BCUT2D eigenvalue weighted by Crippen LogP contribution is -2.15. The monoisotopic (exact) mass is 200 g/mol. The summed E-state index contributed by atoms with van der Waals surface area (Å²) in [5.41, 5.74) is 0. The zero-order valence-corrected chi connectivity index (χ0v) is 8.40. The van der Waals surface area contributed by atoms with Crippen molar-refractivity contribution in [2.75, 3.05) is 13.2 Å². The number of carbonyl (C=O) groups excluding carboxylic acids is 2. The van der Waals surface area contributed by atoms with Gasteiger partial charge in [-0.25, -0.2) is 0 Å². The summed E-state index contributed by atoms with van der Waals surface area (Å²) in [4.78, 5) is 21.4. The Morgan fingerprint density at radius 1 is 1.64 bits per heavy atom. The molecule has 0 radical (unpaired) electrons. The third-order valence-corrected chi connectivity index (χ3v) is 2.20. The molecule has 1 fully saturated rings. The third-order valence-electron chi connectivity index (χ3n) is 2.20. The van der Waals surface area contributed by atoms with Crippen molar-refractivity contribution in [1.29, 1.82) is 0 Å². The van der Waals surface area contributed by atoms with E-state index in [0.717, 1.165) is 12.7 Å². The minimum absolute atomic E-state index is 0.154. The van der Waals surface area contributed by atoms with Crippen LogP contribution in [0.3, 0.4) is 0 Å². The number of aldehydes is 1. The first-order valence-corrected chi connectivity index (χ1v) is 4.99. The molecule has 0 saturated carbocycles. The number of esters is 1. The van der Waals surface area contributed by atoms with Crippen LogP contribution in [0.5, 0.6) is 0 Å². The van der Waals surface area contributed by atoms with Crippen molar-refractivity contribution in [2.24, 2.45) is 5.92 Å². The van der Waals surface area contributed by atoms with E-state index in [1.165, 1.54) is 0 Å². The molecule has 0 spiro atoms. The largest absolute Gasteiger partial charge is 0.460 e. The second-order valence-corrected chi connectivity index (χ2v) is 3.47. The number of rotatable bonds is 6. The molecule has 1 heterocycles. The smallest absolute Gasteiger partial charge is 0.309 e. The molecule has 0 bridgehead atoms. The molecular weight excluding hydrogens is 184 g/mol. The van der Waals surface area contributed by atoms with Gasteiger partial charge in [-0.15, -0.1) is 0 Å². The van der Waals surface area contributed by atoms with E-state index in [1.54, 1.807) is 0 Å². The fourth-order valence-electron chi connectivity index (χ4n) is 1.49. The van der Waals surface area contributed by atoms with Crippen LogP contribution < -0.4 is 0 Å². The van der Waals surface area contributed by atoms with Crippen LogP contribution in [-0.4, -0.2) is 31.6 Å². The van der Waals surface area contributed by atoms with Crippen LogP contribution in [0.2, 0.25) is 0 Å². The zero-order chi connectivity index (χ0) is 10.4. The van der Waals surface area contributed by atoms with Crippen molar-refractivity contribution in [3.05, 3.63) is 0 Å². The minimum Gasteiger partial charge on any atom is -0.460 e. The highest BCUT2D eigenvalue weighted by Gasteiger charge is 2.33. The fraction of sp³-hybridized carbons (Fsp3) is 0.800. The summed E-state index contributed by atoms with van der Waals surface area (Å²) in [6, 6.07) is 0. The summed E-state index contributed by atoms with van der Waals surface area (Å²) in [5, 5.41) is 0. The van der Waals surface area contributed by atoms with Crippen LogP contribution in [0.1, 0.15) is 26.2 Å². The Morgan fingerprint density at radius 3 is 3.07 bits per heavy atom. The fourth-order valence-corrected chi connectivity index (χ4v) is 1.49. The van der Waals surface area contributed by atoms with E-state index in [2.05, 4.69) is 0 Å². The molecular formula is C10H16O4. The second-order valence-electron chi connectivity index (χ2n) is 3.47. The van der Waals surface area contributed by atoms with Gasteiger partial charge in [0.1, 0.15) is 12.4 Å². The predicted octanol–water partition coefficient (Wildman–Crippen LogP) is 0.934. The Morgan fingerprint density at radius 2 is 2.43 bits per heavy atom. The Bertz CT molecular complexity index is 202. The molecule has 4 heteroatoms. The third kappa shape index (κ3) is 3.10. The van der Waals surface area contributed by atoms with Gasteiger partial charge in [-0.05, 0) is 6.42 Å². The SMILES string of the molecule is CCCOCC1CC(CC=O)C(=O)O1. The molecule has 14 heavy (non-hydrogen) atoms. The van der Waals surface area contributed by atoms with Crippen molar-refractivity contribution in [3.63, 3.8) is 0 Å². The molecule has 0 amide bonds. The lowest BCUT2D eigenvalue weighted by atomic mass is 10.0. The number of cyclic esters (lactones) is 1. The highest BCUT2D eigenvalue weighted by Crippen LogP contribution is 2.23. The van der Waals surface area contributed by atoms with Crippen molar-refractivity contribution in [3.8, 4) is 0 Å². The van der Waals surface area contributed by atoms with Gasteiger partial charge in [0, 0.05) is 19.4 Å². The van der Waals surface area contributed by atoms with Gasteiger partial charge in [-0.3, -0.25) is 4.79 Å². The maximum Gasteiger partial charge on any atom is 0.309 e.